The van der Waals surface area contributed by atoms with Gasteiger partial charge in [-0.3, -0.25) is 4.79 Å². The minimum absolute atomic E-state index is 0.0884. The molecule has 0 radical (unpaired) electrons. The van der Waals surface area contributed by atoms with Gasteiger partial charge in [0.2, 0.25) is 5.91 Å². The number of carbonyl (C=O) groups is 1. The molecule has 0 atom stereocenters. The molecule has 1 aliphatic rings. The highest BCUT2D eigenvalue weighted by Gasteiger charge is 2.14. The van der Waals surface area contributed by atoms with Gasteiger partial charge in [-0.25, -0.2) is 0 Å². The number of thiocarbonyl (C=S) groups is 1. The van der Waals surface area contributed by atoms with E-state index in [9.17, 15) is 4.79 Å². The maximum atomic E-state index is 11.2. The van der Waals surface area contributed by atoms with Gasteiger partial charge >= 0.3 is 0 Å². The smallest absolute Gasteiger partial charge is 0.246 e. The molecule has 1 rings (SSSR count). The molecule has 0 aromatic carbocycles. The van der Waals surface area contributed by atoms with Crippen LogP contribution < -0.4 is 10.6 Å². The van der Waals surface area contributed by atoms with E-state index in [2.05, 4.69) is 17.2 Å². The zero-order chi connectivity index (χ0) is 13.4. The molecule has 1 aliphatic heterocycles. The Morgan fingerprint density at radius 1 is 1.50 bits per heavy atom. The lowest BCUT2D eigenvalue weighted by Gasteiger charge is -2.23. The molecule has 0 bridgehead atoms. The second-order valence-electron chi connectivity index (χ2n) is 3.87. The van der Waals surface area contributed by atoms with Crippen molar-refractivity contribution in [1.82, 2.24) is 10.6 Å². The van der Waals surface area contributed by atoms with Crippen molar-refractivity contribution in [1.29, 1.82) is 0 Å². The van der Waals surface area contributed by atoms with E-state index in [1.807, 2.05) is 23.5 Å². The predicted octanol–water partition coefficient (Wildman–Crippen LogP) is 2.09. The Bertz CT molecular complexity index is 316. The van der Waals surface area contributed by atoms with Crippen molar-refractivity contribution in [3.63, 3.8) is 0 Å². The average Bonchev–Trinajstić information content (AvgIpc) is 2.35. The standard InChI is InChI=1S/C11H18N2OS4/c1-8(2)10(14)12-3-4-18-11(15)13-9-5-16-7-17-6-9/h9H,1,3-7H2,2H3,(H,12,14)(H,13,15). The number of rotatable bonds is 5. The van der Waals surface area contributed by atoms with Crippen LogP contribution in [0.3, 0.4) is 0 Å². The Morgan fingerprint density at radius 2 is 2.17 bits per heavy atom. The lowest BCUT2D eigenvalue weighted by atomic mass is 10.3. The number of amides is 1. The molecule has 0 aliphatic carbocycles. The Hall–Kier alpha value is 0.150. The van der Waals surface area contributed by atoms with E-state index in [4.69, 9.17) is 12.2 Å². The third kappa shape index (κ3) is 6.92. The topological polar surface area (TPSA) is 41.1 Å². The molecular formula is C11H18N2OS4. The molecule has 0 aromatic heterocycles. The minimum atomic E-state index is -0.0884. The highest BCUT2D eigenvalue weighted by Crippen LogP contribution is 2.21. The number of hydrogen-bond acceptors (Lipinski definition) is 5. The molecule has 0 spiro atoms. The Kier molecular flexibility index (Phi) is 8.21. The fraction of sp³-hybridized carbons (Fsp3) is 0.636. The number of nitrogens with one attached hydrogen (secondary N) is 2. The lowest BCUT2D eigenvalue weighted by molar-refractivity contribution is -0.117. The molecule has 7 heteroatoms. The molecule has 1 amide bonds. The van der Waals surface area contributed by atoms with Gasteiger partial charge in [-0.15, -0.1) is 23.5 Å². The lowest BCUT2D eigenvalue weighted by Crippen LogP contribution is -2.38. The highest BCUT2D eigenvalue weighted by atomic mass is 32.2. The quantitative estimate of drug-likeness (QED) is 0.459. The van der Waals surface area contributed by atoms with Crippen LogP contribution in [0.2, 0.25) is 0 Å². The maximum Gasteiger partial charge on any atom is 0.246 e. The SMILES string of the molecule is C=C(C)C(=O)NCCSC(=S)NC1CSCSC1. The molecule has 1 fully saturated rings. The fourth-order valence-electron chi connectivity index (χ4n) is 1.24. The summed E-state index contributed by atoms with van der Waals surface area (Å²) in [5.41, 5.74) is 0.539. The molecule has 1 heterocycles. The van der Waals surface area contributed by atoms with Crippen LogP contribution in [0.4, 0.5) is 0 Å². The van der Waals surface area contributed by atoms with Crippen molar-refractivity contribution >= 4 is 57.7 Å². The summed E-state index contributed by atoms with van der Waals surface area (Å²) in [5.74, 6) is 2.95. The van der Waals surface area contributed by atoms with E-state index in [1.54, 1.807) is 18.7 Å². The first-order valence-corrected chi connectivity index (χ1v) is 9.32. The molecule has 0 saturated carbocycles. The molecule has 102 valence electrons. The van der Waals surface area contributed by atoms with Crippen molar-refractivity contribution in [2.24, 2.45) is 0 Å². The van der Waals surface area contributed by atoms with Crippen molar-refractivity contribution < 1.29 is 4.79 Å². The van der Waals surface area contributed by atoms with Crippen LogP contribution >= 0.6 is 47.5 Å². The fourth-order valence-corrected chi connectivity index (χ4v) is 4.66. The van der Waals surface area contributed by atoms with Crippen molar-refractivity contribution in [2.75, 3.05) is 28.9 Å². The summed E-state index contributed by atoms with van der Waals surface area (Å²) in [7, 11) is 0. The Balaban J connectivity index is 2.06. The van der Waals surface area contributed by atoms with Crippen LogP contribution in [0, 0.1) is 0 Å². The minimum Gasteiger partial charge on any atom is -0.367 e. The molecule has 1 saturated heterocycles. The summed E-state index contributed by atoms with van der Waals surface area (Å²) in [4.78, 5) is 11.2. The van der Waals surface area contributed by atoms with Gasteiger partial charge in [0.15, 0.2) is 0 Å². The van der Waals surface area contributed by atoms with Gasteiger partial charge in [-0.2, -0.15) is 0 Å². The predicted molar refractivity (Wildman–Crippen MR) is 89.6 cm³/mol. The molecule has 3 nitrogen and oxygen atoms in total. The van der Waals surface area contributed by atoms with Crippen LogP contribution in [0.25, 0.3) is 0 Å². The van der Waals surface area contributed by atoms with E-state index < -0.39 is 0 Å². The van der Waals surface area contributed by atoms with E-state index >= 15 is 0 Å². The summed E-state index contributed by atoms with van der Waals surface area (Å²) in [6.45, 7) is 5.90. The summed E-state index contributed by atoms with van der Waals surface area (Å²) in [6, 6.07) is 0.485. The van der Waals surface area contributed by atoms with E-state index in [-0.39, 0.29) is 5.91 Å². The summed E-state index contributed by atoms with van der Waals surface area (Å²) in [5, 5.41) is 7.32. The molecule has 2 N–H and O–H groups in total. The van der Waals surface area contributed by atoms with Gasteiger partial charge in [-0.1, -0.05) is 30.6 Å². The highest BCUT2D eigenvalue weighted by molar-refractivity contribution is 8.23. The van der Waals surface area contributed by atoms with Crippen LogP contribution in [0.15, 0.2) is 12.2 Å². The molecule has 0 unspecified atom stereocenters. The molecule has 18 heavy (non-hydrogen) atoms. The van der Waals surface area contributed by atoms with Crippen LogP contribution in [0.1, 0.15) is 6.92 Å². The van der Waals surface area contributed by atoms with Gasteiger partial charge in [0.25, 0.3) is 0 Å². The Labute approximate surface area is 127 Å². The number of carbonyl (C=O) groups excluding carboxylic acids is 1. The summed E-state index contributed by atoms with van der Waals surface area (Å²) in [6.07, 6.45) is 0. The molecular weight excluding hydrogens is 304 g/mol. The van der Waals surface area contributed by atoms with Gasteiger partial charge in [0.05, 0.1) is 0 Å². The maximum absolute atomic E-state index is 11.2. The van der Waals surface area contributed by atoms with Gasteiger partial charge in [0.1, 0.15) is 4.32 Å². The van der Waals surface area contributed by atoms with Crippen molar-refractivity contribution in [3.05, 3.63) is 12.2 Å². The third-order valence-corrected chi connectivity index (χ3v) is 6.00. The van der Waals surface area contributed by atoms with E-state index in [1.165, 1.54) is 5.08 Å². The monoisotopic (exact) mass is 322 g/mol. The number of thioether (sulfide) groups is 3. The first-order chi connectivity index (χ1) is 8.59. The summed E-state index contributed by atoms with van der Waals surface area (Å²) >= 11 is 10.7. The molecule has 0 aromatic rings. The average molecular weight is 323 g/mol. The second-order valence-corrected chi connectivity index (χ2v) is 8.07. The number of hydrogen-bond donors (Lipinski definition) is 2. The van der Waals surface area contributed by atoms with Crippen molar-refractivity contribution in [3.8, 4) is 0 Å². The van der Waals surface area contributed by atoms with E-state index in [0.29, 0.717) is 18.2 Å². The van der Waals surface area contributed by atoms with Gasteiger partial charge < -0.3 is 10.6 Å². The zero-order valence-electron chi connectivity index (χ0n) is 10.4. The van der Waals surface area contributed by atoms with Gasteiger partial charge in [0, 0.05) is 40.5 Å². The normalized spacial score (nSPS) is 16.1. The third-order valence-electron chi connectivity index (χ3n) is 2.14. The van der Waals surface area contributed by atoms with Crippen LogP contribution in [-0.4, -0.2) is 45.2 Å². The first kappa shape index (κ1) is 16.2. The van der Waals surface area contributed by atoms with E-state index in [0.717, 1.165) is 21.6 Å². The van der Waals surface area contributed by atoms with Crippen LogP contribution in [-0.2, 0) is 4.79 Å². The Morgan fingerprint density at radius 3 is 2.78 bits per heavy atom. The zero-order valence-corrected chi connectivity index (χ0v) is 13.6. The van der Waals surface area contributed by atoms with Crippen molar-refractivity contribution in [2.45, 2.75) is 13.0 Å². The summed E-state index contributed by atoms with van der Waals surface area (Å²) < 4.78 is 0.827. The van der Waals surface area contributed by atoms with Crippen LogP contribution in [0.5, 0.6) is 0 Å². The second kappa shape index (κ2) is 9.12. The largest absolute Gasteiger partial charge is 0.367 e. The van der Waals surface area contributed by atoms with Gasteiger partial charge in [-0.05, 0) is 6.92 Å². The first-order valence-electron chi connectivity index (χ1n) is 5.62.